The lowest BCUT2D eigenvalue weighted by Gasteiger charge is -2.15. The molecule has 0 amide bonds. The van der Waals surface area contributed by atoms with E-state index in [9.17, 15) is 14.6 Å². The molecule has 176 valence electrons. The molecule has 0 heterocycles. The molecule has 29 heavy (non-hydrogen) atoms. The van der Waals surface area contributed by atoms with Crippen molar-refractivity contribution < 1.29 is 28.3 Å². The first-order valence-electron chi connectivity index (χ1n) is 11.6. The Hall–Kier alpha value is -0.0100. The van der Waals surface area contributed by atoms with Gasteiger partial charge in [-0.25, -0.2) is 4.57 Å². The molecule has 0 fully saturated rings. The summed E-state index contributed by atoms with van der Waals surface area (Å²) in [7, 11) is -4.13. The van der Waals surface area contributed by atoms with Gasteiger partial charge in [0.05, 0.1) is 19.8 Å². The fourth-order valence-corrected chi connectivity index (χ4v) is 3.82. The first-order valence-corrected chi connectivity index (χ1v) is 13.1. The van der Waals surface area contributed by atoms with Crippen molar-refractivity contribution >= 4 is 7.82 Å². The van der Waals surface area contributed by atoms with Crippen LogP contribution in [0.3, 0.4) is 0 Å². The highest BCUT2D eigenvalue weighted by Gasteiger charge is 2.22. The Labute approximate surface area is 178 Å². The summed E-state index contributed by atoms with van der Waals surface area (Å²) in [5.41, 5.74) is 5.18. The number of aliphatic hydroxyl groups excluding tert-OH is 1. The number of nitrogens with two attached hydrogens (primary N) is 1. The molecule has 0 rings (SSSR count). The molecule has 0 aromatic rings. The van der Waals surface area contributed by atoms with Crippen LogP contribution in [0, 0.1) is 0 Å². The van der Waals surface area contributed by atoms with Crippen LogP contribution >= 0.6 is 7.82 Å². The molecule has 0 aromatic carbocycles. The lowest BCUT2D eigenvalue weighted by molar-refractivity contribution is 0.00230. The number of phosphoric acid groups is 1. The summed E-state index contributed by atoms with van der Waals surface area (Å²) in [6.07, 6.45) is 17.4. The molecule has 4 N–H and O–H groups in total. The van der Waals surface area contributed by atoms with E-state index in [1.54, 1.807) is 0 Å². The van der Waals surface area contributed by atoms with Crippen LogP contribution in [0.25, 0.3) is 0 Å². The van der Waals surface area contributed by atoms with E-state index in [1.165, 1.54) is 77.0 Å². The summed E-state index contributed by atoms with van der Waals surface area (Å²) in [6, 6.07) is 0. The van der Waals surface area contributed by atoms with E-state index in [-0.39, 0.29) is 26.4 Å². The highest BCUT2D eigenvalue weighted by atomic mass is 31.2. The van der Waals surface area contributed by atoms with Crippen LogP contribution in [0.2, 0.25) is 0 Å². The molecule has 2 atom stereocenters. The van der Waals surface area contributed by atoms with Crippen LogP contribution < -0.4 is 5.73 Å². The van der Waals surface area contributed by atoms with Gasteiger partial charge in [-0.1, -0.05) is 90.4 Å². The fourth-order valence-electron chi connectivity index (χ4n) is 3.05. The summed E-state index contributed by atoms with van der Waals surface area (Å²) >= 11 is 0. The highest BCUT2D eigenvalue weighted by Crippen LogP contribution is 2.42. The summed E-state index contributed by atoms with van der Waals surface area (Å²) in [6.45, 7) is 2.66. The van der Waals surface area contributed by atoms with Crippen LogP contribution in [0.1, 0.15) is 96.8 Å². The molecule has 0 spiro atoms. The third-order valence-corrected chi connectivity index (χ3v) is 5.74. The molecule has 0 aliphatic heterocycles. The van der Waals surface area contributed by atoms with Crippen molar-refractivity contribution in [1.82, 2.24) is 0 Å². The predicted molar refractivity (Wildman–Crippen MR) is 118 cm³/mol. The van der Waals surface area contributed by atoms with E-state index < -0.39 is 13.9 Å². The van der Waals surface area contributed by atoms with Gasteiger partial charge in [0.25, 0.3) is 0 Å². The number of hydrogen-bond acceptors (Lipinski definition) is 6. The summed E-state index contributed by atoms with van der Waals surface area (Å²) < 4.78 is 26.0. The maximum Gasteiger partial charge on any atom is 0.472 e. The lowest BCUT2D eigenvalue weighted by Crippen LogP contribution is -2.22. The second kappa shape index (κ2) is 21.2. The highest BCUT2D eigenvalue weighted by molar-refractivity contribution is 7.47. The lowest BCUT2D eigenvalue weighted by atomic mass is 10.0. The molecule has 2 unspecified atom stereocenters. The fraction of sp³-hybridized carbons (Fsp3) is 1.00. The Bertz CT molecular complexity index is 386. The Morgan fingerprint density at radius 2 is 1.24 bits per heavy atom. The first kappa shape index (κ1) is 29.0. The van der Waals surface area contributed by atoms with Crippen LogP contribution in [-0.2, 0) is 18.3 Å². The first-order chi connectivity index (χ1) is 14.0. The summed E-state index contributed by atoms with van der Waals surface area (Å²) in [4.78, 5) is 9.31. The molecule has 8 heteroatoms. The molecule has 0 aromatic heterocycles. The number of rotatable bonds is 23. The number of hydrogen-bond donors (Lipinski definition) is 3. The Kier molecular flexibility index (Phi) is 21.2. The number of aliphatic hydroxyl groups is 1. The van der Waals surface area contributed by atoms with Gasteiger partial charge in [-0.15, -0.1) is 0 Å². The molecule has 0 aliphatic rings. The van der Waals surface area contributed by atoms with E-state index in [0.717, 1.165) is 12.8 Å². The molecule has 0 aliphatic carbocycles. The average molecular weight is 440 g/mol. The molecule has 0 radical (unpaired) electrons. The van der Waals surface area contributed by atoms with Crippen molar-refractivity contribution in [2.45, 2.75) is 103 Å². The zero-order valence-corrected chi connectivity index (χ0v) is 19.5. The van der Waals surface area contributed by atoms with Gasteiger partial charge < -0.3 is 20.5 Å². The second-order valence-corrected chi connectivity index (χ2v) is 9.16. The maximum atomic E-state index is 11.4. The van der Waals surface area contributed by atoms with Crippen molar-refractivity contribution in [2.24, 2.45) is 5.73 Å². The molecule has 7 nitrogen and oxygen atoms in total. The largest absolute Gasteiger partial charge is 0.472 e. The predicted octanol–water partition coefficient (Wildman–Crippen LogP) is 4.94. The van der Waals surface area contributed by atoms with Gasteiger partial charge in [0.1, 0.15) is 6.10 Å². The Balaban J connectivity index is 3.27. The van der Waals surface area contributed by atoms with Gasteiger partial charge in [-0.2, -0.15) is 0 Å². The quantitative estimate of drug-likeness (QED) is 0.153. The van der Waals surface area contributed by atoms with Gasteiger partial charge >= 0.3 is 7.82 Å². The minimum Gasteiger partial charge on any atom is -0.388 e. The third kappa shape index (κ3) is 22.5. The van der Waals surface area contributed by atoms with E-state index in [0.29, 0.717) is 6.61 Å². The molecular formula is C21H46NO6P. The van der Waals surface area contributed by atoms with E-state index in [2.05, 4.69) is 16.0 Å². The molecule has 0 saturated carbocycles. The maximum absolute atomic E-state index is 11.4. The van der Waals surface area contributed by atoms with Crippen LogP contribution in [-0.4, -0.2) is 49.1 Å². The van der Waals surface area contributed by atoms with Crippen molar-refractivity contribution in [3.05, 3.63) is 0 Å². The van der Waals surface area contributed by atoms with Crippen LogP contribution in [0.4, 0.5) is 0 Å². The number of unbranched alkanes of at least 4 members (excludes halogenated alkanes) is 13. The topological polar surface area (TPSA) is 111 Å². The SMILES string of the molecule is CCCCCCCCCCCCCCCCOCC(O)COP(=O)(O)OCCN. The molecule has 0 bridgehead atoms. The Morgan fingerprint density at radius 1 is 0.759 bits per heavy atom. The summed E-state index contributed by atoms with van der Waals surface area (Å²) in [5.74, 6) is 0. The number of phosphoric ester groups is 1. The van der Waals surface area contributed by atoms with Crippen LogP contribution in [0.15, 0.2) is 0 Å². The van der Waals surface area contributed by atoms with Crippen molar-refractivity contribution in [1.29, 1.82) is 0 Å². The van der Waals surface area contributed by atoms with Gasteiger partial charge in [0.2, 0.25) is 0 Å². The minimum absolute atomic E-state index is 0.0699. The smallest absolute Gasteiger partial charge is 0.388 e. The normalized spacial score (nSPS) is 14.8. The number of ether oxygens (including phenoxy) is 1. The van der Waals surface area contributed by atoms with E-state index in [1.807, 2.05) is 0 Å². The van der Waals surface area contributed by atoms with E-state index in [4.69, 9.17) is 10.5 Å². The van der Waals surface area contributed by atoms with Crippen LogP contribution in [0.5, 0.6) is 0 Å². The standard InChI is InChI=1S/C21H46NO6P/c1-2-3-4-5-6-7-8-9-10-11-12-13-14-15-17-26-19-21(23)20-28-29(24,25)27-18-16-22/h21,23H,2-20,22H2,1H3,(H,24,25). The minimum atomic E-state index is -4.13. The van der Waals surface area contributed by atoms with Gasteiger partial charge in [-0.05, 0) is 6.42 Å². The third-order valence-electron chi connectivity index (χ3n) is 4.75. The second-order valence-electron chi connectivity index (χ2n) is 7.71. The van der Waals surface area contributed by atoms with Crippen molar-refractivity contribution in [2.75, 3.05) is 33.0 Å². The van der Waals surface area contributed by atoms with Crippen molar-refractivity contribution in [3.8, 4) is 0 Å². The van der Waals surface area contributed by atoms with Gasteiger partial charge in [0, 0.05) is 13.2 Å². The van der Waals surface area contributed by atoms with E-state index >= 15 is 0 Å². The monoisotopic (exact) mass is 439 g/mol. The summed E-state index contributed by atoms with van der Waals surface area (Å²) in [5, 5.41) is 9.69. The molecule has 0 saturated heterocycles. The van der Waals surface area contributed by atoms with Crippen molar-refractivity contribution in [3.63, 3.8) is 0 Å². The zero-order valence-electron chi connectivity index (χ0n) is 18.6. The van der Waals surface area contributed by atoms with Gasteiger partial charge in [-0.3, -0.25) is 9.05 Å². The molecular weight excluding hydrogens is 393 g/mol. The Morgan fingerprint density at radius 3 is 1.72 bits per heavy atom. The van der Waals surface area contributed by atoms with Gasteiger partial charge in [0.15, 0.2) is 0 Å². The average Bonchev–Trinajstić information content (AvgIpc) is 2.70. The zero-order chi connectivity index (χ0) is 21.6.